The predicted molar refractivity (Wildman–Crippen MR) is 137 cm³/mol. The Hall–Kier alpha value is -3.81. The van der Waals surface area contributed by atoms with Crippen molar-refractivity contribution in [2.75, 3.05) is 32.6 Å². The number of nitrogens with zero attached hydrogens (tertiary/aromatic N) is 2. The van der Waals surface area contributed by atoms with E-state index in [2.05, 4.69) is 27.0 Å². The van der Waals surface area contributed by atoms with Crippen LogP contribution in [0.15, 0.2) is 48.7 Å². The van der Waals surface area contributed by atoms with E-state index < -0.39 is 0 Å². The molecule has 3 N–H and O–H groups in total. The van der Waals surface area contributed by atoms with Crippen LogP contribution in [0.2, 0.25) is 0 Å². The number of hydrogen-bond donors (Lipinski definition) is 3. The molecule has 182 valence electrons. The number of pyridine rings is 1. The zero-order valence-corrected chi connectivity index (χ0v) is 20.1. The quantitative estimate of drug-likeness (QED) is 0.493. The van der Waals surface area contributed by atoms with Gasteiger partial charge in [-0.15, -0.1) is 0 Å². The van der Waals surface area contributed by atoms with Crippen LogP contribution in [-0.2, 0) is 0 Å². The molecule has 0 radical (unpaired) electrons. The monoisotopic (exact) mass is 473 g/mol. The van der Waals surface area contributed by atoms with E-state index in [1.165, 1.54) is 0 Å². The maximum Gasteiger partial charge on any atom is 0.317 e. The minimum absolute atomic E-state index is 0.0428. The van der Waals surface area contributed by atoms with Gasteiger partial charge >= 0.3 is 6.03 Å². The molecule has 2 aromatic carbocycles. The van der Waals surface area contributed by atoms with Crippen molar-refractivity contribution in [3.05, 3.63) is 59.8 Å². The fraction of sp³-hybridized carbons (Fsp3) is 0.370. The zero-order valence-electron chi connectivity index (χ0n) is 20.1. The summed E-state index contributed by atoms with van der Waals surface area (Å²) in [6.45, 7) is 1.37. The Morgan fingerprint density at radius 2 is 1.80 bits per heavy atom. The number of urea groups is 1. The highest BCUT2D eigenvalue weighted by molar-refractivity contribution is 6.08. The van der Waals surface area contributed by atoms with Crippen LogP contribution < -0.4 is 20.7 Å². The van der Waals surface area contributed by atoms with Crippen LogP contribution >= 0.6 is 0 Å². The number of nitrogens with one attached hydrogen (secondary N) is 3. The molecule has 2 fully saturated rings. The predicted octanol–water partition coefficient (Wildman–Crippen LogP) is 4.40. The summed E-state index contributed by atoms with van der Waals surface area (Å²) in [6, 6.07) is 14.1. The zero-order chi connectivity index (χ0) is 24.4. The van der Waals surface area contributed by atoms with Crippen molar-refractivity contribution in [2.24, 2.45) is 0 Å². The van der Waals surface area contributed by atoms with Gasteiger partial charge in [-0.05, 0) is 55.4 Å². The molecule has 0 bridgehead atoms. The Labute approximate surface area is 205 Å². The van der Waals surface area contributed by atoms with Gasteiger partial charge in [0.15, 0.2) is 0 Å². The number of fused-ring (bicyclic) bond motifs is 1. The molecule has 3 aromatic rings. The van der Waals surface area contributed by atoms with E-state index in [1.807, 2.05) is 41.3 Å². The number of ether oxygens (including phenoxy) is 1. The smallest absolute Gasteiger partial charge is 0.317 e. The van der Waals surface area contributed by atoms with Crippen molar-refractivity contribution in [3.8, 4) is 5.75 Å². The molecule has 1 saturated heterocycles. The number of amides is 3. The number of hydrogen-bond acceptors (Lipinski definition) is 5. The van der Waals surface area contributed by atoms with Crippen LogP contribution in [0.5, 0.6) is 5.75 Å². The maximum atomic E-state index is 13.1. The summed E-state index contributed by atoms with van der Waals surface area (Å²) in [7, 11) is 3.33. The lowest BCUT2D eigenvalue weighted by Crippen LogP contribution is -2.42. The fourth-order valence-corrected chi connectivity index (χ4v) is 4.75. The summed E-state index contributed by atoms with van der Waals surface area (Å²) < 4.78 is 5.77. The third-order valence-electron chi connectivity index (χ3n) is 6.86. The highest BCUT2D eigenvalue weighted by Gasteiger charge is 2.28. The molecule has 3 amide bonds. The molecule has 8 heteroatoms. The molecule has 0 unspecified atom stereocenters. The SMILES string of the molecule is CNC(=O)N1CCC(c2cc3c(Nc4ccccc4)c(C(=O)NC4CC4)cnc3cc2OC)CC1. The normalized spacial score (nSPS) is 16.1. The molecule has 1 aromatic heterocycles. The van der Waals surface area contributed by atoms with Gasteiger partial charge in [-0.2, -0.15) is 0 Å². The highest BCUT2D eigenvalue weighted by Crippen LogP contribution is 2.40. The number of likely N-dealkylation sites (tertiary alicyclic amines) is 1. The third-order valence-corrected chi connectivity index (χ3v) is 6.86. The van der Waals surface area contributed by atoms with Crippen LogP contribution in [0.3, 0.4) is 0 Å². The number of benzene rings is 2. The van der Waals surface area contributed by atoms with Crippen LogP contribution in [0.25, 0.3) is 10.9 Å². The van der Waals surface area contributed by atoms with Crippen molar-refractivity contribution >= 4 is 34.2 Å². The van der Waals surface area contributed by atoms with E-state index in [9.17, 15) is 9.59 Å². The minimum atomic E-state index is -0.114. The Kier molecular flexibility index (Phi) is 6.44. The van der Waals surface area contributed by atoms with E-state index in [4.69, 9.17) is 4.74 Å². The molecule has 1 aliphatic carbocycles. The second-order valence-corrected chi connectivity index (χ2v) is 9.21. The number of aromatic nitrogens is 1. The molecule has 5 rings (SSSR count). The van der Waals surface area contributed by atoms with Crippen molar-refractivity contribution in [3.63, 3.8) is 0 Å². The number of carbonyl (C=O) groups is 2. The summed E-state index contributed by atoms with van der Waals surface area (Å²) >= 11 is 0. The molecule has 35 heavy (non-hydrogen) atoms. The van der Waals surface area contributed by atoms with Crippen LogP contribution in [0, 0.1) is 0 Å². The second kappa shape index (κ2) is 9.82. The first-order valence-electron chi connectivity index (χ1n) is 12.2. The lowest BCUT2D eigenvalue weighted by Gasteiger charge is -2.32. The van der Waals surface area contributed by atoms with Crippen molar-refractivity contribution in [1.82, 2.24) is 20.5 Å². The number of para-hydroxylation sites is 1. The Morgan fingerprint density at radius 3 is 2.46 bits per heavy atom. The Morgan fingerprint density at radius 1 is 1.06 bits per heavy atom. The van der Waals surface area contributed by atoms with Crippen LogP contribution in [0.4, 0.5) is 16.2 Å². The lowest BCUT2D eigenvalue weighted by molar-refractivity contribution is 0.0951. The van der Waals surface area contributed by atoms with Crippen molar-refractivity contribution in [1.29, 1.82) is 0 Å². The molecular formula is C27H31N5O3. The van der Waals surface area contributed by atoms with E-state index >= 15 is 0 Å². The number of methoxy groups -OCH3 is 1. The molecule has 2 heterocycles. The number of anilines is 2. The Bertz CT molecular complexity index is 1230. The van der Waals surface area contributed by atoms with Gasteiger partial charge in [-0.1, -0.05) is 18.2 Å². The highest BCUT2D eigenvalue weighted by atomic mass is 16.5. The maximum absolute atomic E-state index is 13.1. The van der Waals surface area contributed by atoms with E-state index in [1.54, 1.807) is 20.4 Å². The molecule has 2 aliphatic rings. The van der Waals surface area contributed by atoms with Gasteiger partial charge in [-0.3, -0.25) is 9.78 Å². The molecule has 8 nitrogen and oxygen atoms in total. The second-order valence-electron chi connectivity index (χ2n) is 9.21. The number of carbonyl (C=O) groups excluding carboxylic acids is 2. The molecule has 1 aliphatic heterocycles. The summed E-state index contributed by atoms with van der Waals surface area (Å²) in [4.78, 5) is 31.6. The molecule has 0 atom stereocenters. The third kappa shape index (κ3) is 4.87. The van der Waals surface area contributed by atoms with Crippen LogP contribution in [-0.4, -0.2) is 55.1 Å². The van der Waals surface area contributed by atoms with Gasteiger partial charge in [-0.25, -0.2) is 4.79 Å². The molecule has 0 spiro atoms. The van der Waals surface area contributed by atoms with Gasteiger partial charge in [0.1, 0.15) is 5.75 Å². The minimum Gasteiger partial charge on any atom is -0.496 e. The van der Waals surface area contributed by atoms with E-state index in [0.717, 1.165) is 59.3 Å². The summed E-state index contributed by atoms with van der Waals surface area (Å²) in [6.07, 6.45) is 5.36. The molecule has 1 saturated carbocycles. The van der Waals surface area contributed by atoms with Gasteiger partial charge in [0.2, 0.25) is 0 Å². The van der Waals surface area contributed by atoms with Gasteiger partial charge in [0, 0.05) is 49.5 Å². The van der Waals surface area contributed by atoms with Gasteiger partial charge < -0.3 is 25.6 Å². The number of piperidine rings is 1. The summed E-state index contributed by atoms with van der Waals surface area (Å²) in [5.41, 5.74) is 4.01. The summed E-state index contributed by atoms with van der Waals surface area (Å²) in [5.74, 6) is 0.907. The fourth-order valence-electron chi connectivity index (χ4n) is 4.75. The first-order chi connectivity index (χ1) is 17.1. The van der Waals surface area contributed by atoms with E-state index in [-0.39, 0.29) is 23.9 Å². The van der Waals surface area contributed by atoms with E-state index in [0.29, 0.717) is 18.7 Å². The Balaban J connectivity index is 1.56. The first-order valence-corrected chi connectivity index (χ1v) is 12.2. The molecular weight excluding hydrogens is 442 g/mol. The van der Waals surface area contributed by atoms with Gasteiger partial charge in [0.05, 0.1) is 23.9 Å². The lowest BCUT2D eigenvalue weighted by atomic mass is 9.87. The average molecular weight is 474 g/mol. The largest absolute Gasteiger partial charge is 0.496 e. The van der Waals surface area contributed by atoms with Gasteiger partial charge in [0.25, 0.3) is 5.91 Å². The van der Waals surface area contributed by atoms with Crippen molar-refractivity contribution < 1.29 is 14.3 Å². The topological polar surface area (TPSA) is 95.6 Å². The standard InChI is InChI=1S/C27H31N5O3/c1-28-27(34)32-12-10-17(11-13-32)20-14-21-23(15-24(20)35-2)29-16-22(26(33)31-19-8-9-19)25(21)30-18-6-4-3-5-7-18/h3-7,14-17,19H,8-13H2,1-2H3,(H,28,34)(H,29,30)(H,31,33). The number of rotatable bonds is 6. The van der Waals surface area contributed by atoms with Crippen LogP contribution in [0.1, 0.15) is 47.5 Å². The average Bonchev–Trinajstić information content (AvgIpc) is 3.72. The van der Waals surface area contributed by atoms with Crippen molar-refractivity contribution in [2.45, 2.75) is 37.6 Å². The first kappa shape index (κ1) is 23.0. The summed E-state index contributed by atoms with van der Waals surface area (Å²) in [5, 5.41) is 10.2.